The lowest BCUT2D eigenvalue weighted by Gasteiger charge is -2.20. The van der Waals surface area contributed by atoms with Crippen molar-refractivity contribution in [3.63, 3.8) is 0 Å². The Labute approximate surface area is 157 Å². The lowest BCUT2D eigenvalue weighted by molar-refractivity contribution is -0.144. The topological polar surface area (TPSA) is 95.9 Å². The SMILES string of the molecule is CCCN(CC(=O)O)C(=O)CNC(=O)c1ccc(Oc2ccccc2)cc1. The van der Waals surface area contributed by atoms with Crippen LogP contribution < -0.4 is 10.1 Å². The summed E-state index contributed by atoms with van der Waals surface area (Å²) in [4.78, 5) is 36.3. The van der Waals surface area contributed by atoms with Crippen LogP contribution in [0.1, 0.15) is 23.7 Å². The zero-order valence-corrected chi connectivity index (χ0v) is 15.1. The van der Waals surface area contributed by atoms with Gasteiger partial charge >= 0.3 is 5.97 Å². The van der Waals surface area contributed by atoms with E-state index in [1.54, 1.807) is 24.3 Å². The van der Waals surface area contributed by atoms with Crippen molar-refractivity contribution in [3.05, 3.63) is 60.2 Å². The predicted octanol–water partition coefficient (Wildman–Crippen LogP) is 2.53. The predicted molar refractivity (Wildman–Crippen MR) is 99.8 cm³/mol. The molecule has 0 heterocycles. The van der Waals surface area contributed by atoms with Gasteiger partial charge in [-0.25, -0.2) is 0 Å². The molecule has 0 radical (unpaired) electrons. The van der Waals surface area contributed by atoms with Crippen molar-refractivity contribution in [1.82, 2.24) is 10.2 Å². The molecule has 0 unspecified atom stereocenters. The molecule has 0 spiro atoms. The van der Waals surface area contributed by atoms with E-state index in [2.05, 4.69) is 5.32 Å². The van der Waals surface area contributed by atoms with Crippen molar-refractivity contribution in [2.75, 3.05) is 19.6 Å². The maximum absolute atomic E-state index is 12.2. The molecule has 0 aliphatic heterocycles. The molecule has 0 fully saturated rings. The molecular weight excluding hydrogens is 348 g/mol. The number of carboxylic acid groups (broad SMARTS) is 1. The lowest BCUT2D eigenvalue weighted by atomic mass is 10.2. The van der Waals surface area contributed by atoms with E-state index < -0.39 is 17.8 Å². The monoisotopic (exact) mass is 370 g/mol. The van der Waals surface area contributed by atoms with Gasteiger partial charge in [0.05, 0.1) is 6.54 Å². The minimum Gasteiger partial charge on any atom is -0.480 e. The molecule has 2 N–H and O–H groups in total. The quantitative estimate of drug-likeness (QED) is 0.707. The van der Waals surface area contributed by atoms with Crippen molar-refractivity contribution >= 4 is 17.8 Å². The summed E-state index contributed by atoms with van der Waals surface area (Å²) < 4.78 is 5.66. The lowest BCUT2D eigenvalue weighted by Crippen LogP contribution is -2.42. The Bertz CT molecular complexity index is 775. The first-order valence-corrected chi connectivity index (χ1v) is 8.60. The Hall–Kier alpha value is -3.35. The number of aliphatic carboxylic acids is 1. The van der Waals surface area contributed by atoms with E-state index >= 15 is 0 Å². The third-order valence-electron chi connectivity index (χ3n) is 3.67. The Kier molecular flexibility index (Phi) is 7.37. The van der Waals surface area contributed by atoms with E-state index in [-0.39, 0.29) is 13.1 Å². The number of carbonyl (C=O) groups is 3. The fourth-order valence-corrected chi connectivity index (χ4v) is 2.39. The summed E-state index contributed by atoms with van der Waals surface area (Å²) >= 11 is 0. The summed E-state index contributed by atoms with van der Waals surface area (Å²) in [6, 6.07) is 15.8. The molecule has 7 nitrogen and oxygen atoms in total. The Balaban J connectivity index is 1.89. The number of hydrogen-bond acceptors (Lipinski definition) is 4. The van der Waals surface area contributed by atoms with Gasteiger partial charge in [0.25, 0.3) is 5.91 Å². The van der Waals surface area contributed by atoms with Crippen LogP contribution in [0.2, 0.25) is 0 Å². The van der Waals surface area contributed by atoms with E-state index in [0.717, 1.165) is 0 Å². The summed E-state index contributed by atoms with van der Waals surface area (Å²) in [6.45, 7) is 1.54. The van der Waals surface area contributed by atoms with Crippen LogP contribution in [0.3, 0.4) is 0 Å². The second kappa shape index (κ2) is 9.96. The van der Waals surface area contributed by atoms with Gasteiger partial charge in [-0.1, -0.05) is 25.1 Å². The van der Waals surface area contributed by atoms with Crippen LogP contribution in [-0.2, 0) is 9.59 Å². The van der Waals surface area contributed by atoms with Crippen LogP contribution in [0.4, 0.5) is 0 Å². The van der Waals surface area contributed by atoms with Gasteiger partial charge < -0.3 is 20.1 Å². The van der Waals surface area contributed by atoms with Gasteiger partial charge in [0.15, 0.2) is 0 Å². The van der Waals surface area contributed by atoms with Crippen LogP contribution in [0.5, 0.6) is 11.5 Å². The van der Waals surface area contributed by atoms with Crippen LogP contribution in [0.15, 0.2) is 54.6 Å². The Morgan fingerprint density at radius 2 is 1.63 bits per heavy atom. The molecule has 142 valence electrons. The maximum atomic E-state index is 12.2. The number of carboxylic acids is 1. The average molecular weight is 370 g/mol. The second-order valence-electron chi connectivity index (χ2n) is 5.83. The molecule has 2 aromatic carbocycles. The molecule has 2 amide bonds. The summed E-state index contributed by atoms with van der Waals surface area (Å²) in [7, 11) is 0. The molecule has 0 saturated carbocycles. The normalized spacial score (nSPS) is 10.1. The first-order chi connectivity index (χ1) is 13.0. The molecule has 0 saturated heterocycles. The highest BCUT2D eigenvalue weighted by Crippen LogP contribution is 2.21. The first-order valence-electron chi connectivity index (χ1n) is 8.60. The van der Waals surface area contributed by atoms with E-state index in [1.807, 2.05) is 37.3 Å². The van der Waals surface area contributed by atoms with E-state index in [9.17, 15) is 14.4 Å². The molecule has 27 heavy (non-hydrogen) atoms. The standard InChI is InChI=1S/C20H22N2O5/c1-2-12-22(14-19(24)25)18(23)13-21-20(26)15-8-10-17(11-9-15)27-16-6-4-3-5-7-16/h3-11H,2,12-14H2,1H3,(H,21,26)(H,24,25). The van der Waals surface area contributed by atoms with Crippen molar-refractivity contribution in [2.45, 2.75) is 13.3 Å². The summed E-state index contributed by atoms with van der Waals surface area (Å²) in [5.41, 5.74) is 0.378. The van der Waals surface area contributed by atoms with E-state index in [0.29, 0.717) is 30.0 Å². The van der Waals surface area contributed by atoms with Gasteiger partial charge in [-0.2, -0.15) is 0 Å². The van der Waals surface area contributed by atoms with Gasteiger partial charge in [0, 0.05) is 12.1 Å². The van der Waals surface area contributed by atoms with Crippen molar-refractivity contribution in [1.29, 1.82) is 0 Å². The first kappa shape index (κ1) is 20.0. The fourth-order valence-electron chi connectivity index (χ4n) is 2.39. The van der Waals surface area contributed by atoms with Crippen molar-refractivity contribution in [3.8, 4) is 11.5 Å². The summed E-state index contributed by atoms with van der Waals surface area (Å²) in [5, 5.41) is 11.4. The molecule has 7 heteroatoms. The third-order valence-corrected chi connectivity index (χ3v) is 3.67. The third kappa shape index (κ3) is 6.47. The highest BCUT2D eigenvalue weighted by atomic mass is 16.5. The van der Waals surface area contributed by atoms with Gasteiger partial charge in [0.2, 0.25) is 5.91 Å². The molecule has 0 aromatic heterocycles. The minimum atomic E-state index is -1.09. The average Bonchev–Trinajstić information content (AvgIpc) is 2.66. The van der Waals surface area contributed by atoms with Gasteiger partial charge in [-0.15, -0.1) is 0 Å². The fraction of sp³-hybridized carbons (Fsp3) is 0.250. The summed E-state index contributed by atoms with van der Waals surface area (Å²) in [5.74, 6) is -0.658. The molecule has 0 aliphatic rings. The van der Waals surface area contributed by atoms with Crippen LogP contribution in [-0.4, -0.2) is 47.4 Å². The number of benzene rings is 2. The number of nitrogens with zero attached hydrogens (tertiary/aromatic N) is 1. The van der Waals surface area contributed by atoms with Gasteiger partial charge in [-0.05, 0) is 42.8 Å². The van der Waals surface area contributed by atoms with Gasteiger partial charge in [-0.3, -0.25) is 14.4 Å². The van der Waals surface area contributed by atoms with Gasteiger partial charge in [0.1, 0.15) is 18.0 Å². The van der Waals surface area contributed by atoms with Crippen molar-refractivity contribution < 1.29 is 24.2 Å². The van der Waals surface area contributed by atoms with E-state index in [4.69, 9.17) is 9.84 Å². The number of nitrogens with one attached hydrogen (secondary N) is 1. The molecule has 0 bridgehead atoms. The molecule has 2 aromatic rings. The number of hydrogen-bond donors (Lipinski definition) is 2. The smallest absolute Gasteiger partial charge is 0.323 e. The molecule has 0 aliphatic carbocycles. The zero-order valence-electron chi connectivity index (χ0n) is 15.1. The number of rotatable bonds is 9. The highest BCUT2D eigenvalue weighted by molar-refractivity contribution is 5.96. The van der Waals surface area contributed by atoms with Crippen LogP contribution in [0.25, 0.3) is 0 Å². The minimum absolute atomic E-state index is 0.256. The number of ether oxygens (including phenoxy) is 1. The molecule has 2 rings (SSSR count). The number of carbonyl (C=O) groups excluding carboxylic acids is 2. The van der Waals surface area contributed by atoms with E-state index in [1.165, 1.54) is 4.90 Å². The Morgan fingerprint density at radius 3 is 2.22 bits per heavy atom. The molecule has 0 atom stereocenters. The molecular formula is C20H22N2O5. The largest absolute Gasteiger partial charge is 0.480 e. The van der Waals surface area contributed by atoms with Crippen LogP contribution >= 0.6 is 0 Å². The second-order valence-corrected chi connectivity index (χ2v) is 5.83. The van der Waals surface area contributed by atoms with Crippen molar-refractivity contribution in [2.24, 2.45) is 0 Å². The Morgan fingerprint density at radius 1 is 1.00 bits per heavy atom. The van der Waals surface area contributed by atoms with Crippen LogP contribution in [0, 0.1) is 0 Å². The maximum Gasteiger partial charge on any atom is 0.323 e. The zero-order chi connectivity index (χ0) is 19.6. The highest BCUT2D eigenvalue weighted by Gasteiger charge is 2.17. The summed E-state index contributed by atoms with van der Waals surface area (Å²) in [6.07, 6.45) is 0.635. The number of amides is 2. The number of para-hydroxylation sites is 1.